The number of likely N-dealkylation sites (N-methyl/N-ethyl adjacent to an activating group) is 1. The highest BCUT2D eigenvalue weighted by atomic mass is 16.5. The molecule has 6 nitrogen and oxygen atoms in total. The number of piperazine rings is 1. The number of rotatable bonds is 7. The Labute approximate surface area is 177 Å². The topological polar surface area (TPSA) is 58.0 Å². The van der Waals surface area contributed by atoms with Crippen molar-refractivity contribution in [1.82, 2.24) is 15.1 Å². The van der Waals surface area contributed by atoms with Crippen LogP contribution in [0.2, 0.25) is 0 Å². The molecule has 0 aliphatic carbocycles. The summed E-state index contributed by atoms with van der Waals surface area (Å²) in [6.45, 7) is 4.96. The fraction of sp³-hybridized carbons (Fsp3) is 0.375. The van der Waals surface area contributed by atoms with Gasteiger partial charge < -0.3 is 19.4 Å². The third-order valence-corrected chi connectivity index (χ3v) is 5.79. The third kappa shape index (κ3) is 4.83. The van der Waals surface area contributed by atoms with Crippen LogP contribution in [0.25, 0.3) is 11.0 Å². The van der Waals surface area contributed by atoms with Gasteiger partial charge in [0.05, 0.1) is 25.8 Å². The van der Waals surface area contributed by atoms with Gasteiger partial charge in [0.15, 0.2) is 0 Å². The van der Waals surface area contributed by atoms with Crippen molar-refractivity contribution in [2.45, 2.75) is 12.5 Å². The number of nitrogens with zero attached hydrogens (tertiary/aromatic N) is 2. The van der Waals surface area contributed by atoms with Crippen molar-refractivity contribution < 1.29 is 13.9 Å². The van der Waals surface area contributed by atoms with Gasteiger partial charge in [-0.05, 0) is 24.7 Å². The molecule has 30 heavy (non-hydrogen) atoms. The SMILES string of the molecule is COc1ccc2c(CC(=O)NC(CN3CCN(C)CC3)c3ccccc3)coc2c1. The molecule has 0 saturated carbocycles. The number of hydrogen-bond donors (Lipinski definition) is 1. The fourth-order valence-corrected chi connectivity index (χ4v) is 3.95. The molecule has 2 aromatic carbocycles. The molecule has 0 spiro atoms. The van der Waals surface area contributed by atoms with Gasteiger partial charge in [-0.25, -0.2) is 0 Å². The van der Waals surface area contributed by atoms with Crippen LogP contribution in [0.4, 0.5) is 0 Å². The van der Waals surface area contributed by atoms with Gasteiger partial charge in [0.1, 0.15) is 11.3 Å². The van der Waals surface area contributed by atoms with Gasteiger partial charge in [0.25, 0.3) is 0 Å². The number of amides is 1. The maximum absolute atomic E-state index is 13.0. The Kier molecular flexibility index (Phi) is 6.35. The molecule has 1 N–H and O–H groups in total. The standard InChI is InChI=1S/C24H29N3O3/c1-26-10-12-27(13-11-26)16-22(18-6-4-3-5-7-18)25-24(28)14-19-17-30-23-15-20(29-2)8-9-21(19)23/h3-9,15,17,22H,10-14,16H2,1-2H3,(H,25,28). The van der Waals surface area contributed by atoms with Crippen LogP contribution in [-0.2, 0) is 11.2 Å². The van der Waals surface area contributed by atoms with Crippen molar-refractivity contribution in [3.05, 3.63) is 65.9 Å². The first-order valence-corrected chi connectivity index (χ1v) is 10.4. The fourth-order valence-electron chi connectivity index (χ4n) is 3.95. The van der Waals surface area contributed by atoms with Crippen molar-refractivity contribution in [3.8, 4) is 5.75 Å². The average molecular weight is 408 g/mol. The summed E-state index contributed by atoms with van der Waals surface area (Å²) in [4.78, 5) is 17.7. The van der Waals surface area contributed by atoms with E-state index in [0.717, 1.165) is 60.6 Å². The van der Waals surface area contributed by atoms with Crippen molar-refractivity contribution >= 4 is 16.9 Å². The normalized spacial score (nSPS) is 16.5. The van der Waals surface area contributed by atoms with E-state index in [9.17, 15) is 4.79 Å². The number of furan rings is 1. The molecule has 1 fully saturated rings. The van der Waals surface area contributed by atoms with Crippen molar-refractivity contribution in [3.63, 3.8) is 0 Å². The molecule has 1 aliphatic heterocycles. The highest BCUT2D eigenvalue weighted by Crippen LogP contribution is 2.26. The second kappa shape index (κ2) is 9.32. The lowest BCUT2D eigenvalue weighted by molar-refractivity contribution is -0.121. The van der Waals surface area contributed by atoms with E-state index in [-0.39, 0.29) is 18.4 Å². The van der Waals surface area contributed by atoms with Crippen LogP contribution in [0, 0.1) is 0 Å². The largest absolute Gasteiger partial charge is 0.497 e. The maximum Gasteiger partial charge on any atom is 0.225 e. The zero-order valence-corrected chi connectivity index (χ0v) is 17.6. The van der Waals surface area contributed by atoms with Gasteiger partial charge in [0.2, 0.25) is 5.91 Å². The lowest BCUT2D eigenvalue weighted by Crippen LogP contribution is -2.48. The lowest BCUT2D eigenvalue weighted by atomic mass is 10.0. The summed E-state index contributed by atoms with van der Waals surface area (Å²) in [6.07, 6.45) is 1.95. The first kappa shape index (κ1) is 20.4. The van der Waals surface area contributed by atoms with E-state index in [1.54, 1.807) is 13.4 Å². The van der Waals surface area contributed by atoms with Crippen LogP contribution in [0.15, 0.2) is 59.2 Å². The Morgan fingerprint density at radius 2 is 1.90 bits per heavy atom. The molecular weight excluding hydrogens is 378 g/mol. The smallest absolute Gasteiger partial charge is 0.225 e. The first-order chi connectivity index (χ1) is 14.6. The van der Waals surface area contributed by atoms with E-state index >= 15 is 0 Å². The minimum absolute atomic E-state index is 0.00324. The molecule has 6 heteroatoms. The maximum atomic E-state index is 13.0. The van der Waals surface area contributed by atoms with Crippen LogP contribution in [-0.4, -0.2) is 62.6 Å². The molecule has 1 aliphatic rings. The number of carbonyl (C=O) groups excluding carboxylic acids is 1. The Balaban J connectivity index is 1.46. The molecule has 2 heterocycles. The Bertz CT molecular complexity index is 978. The number of carbonyl (C=O) groups is 1. The highest BCUT2D eigenvalue weighted by Gasteiger charge is 2.22. The number of benzene rings is 2. The van der Waals surface area contributed by atoms with Crippen LogP contribution in [0.1, 0.15) is 17.2 Å². The molecule has 3 aromatic rings. The summed E-state index contributed by atoms with van der Waals surface area (Å²) in [5.74, 6) is 0.737. The number of methoxy groups -OCH3 is 1. The van der Waals surface area contributed by atoms with Crippen molar-refractivity contribution in [2.24, 2.45) is 0 Å². The molecule has 4 rings (SSSR count). The number of fused-ring (bicyclic) bond motifs is 1. The van der Waals surface area contributed by atoms with E-state index < -0.39 is 0 Å². The van der Waals surface area contributed by atoms with Crippen LogP contribution < -0.4 is 10.1 Å². The van der Waals surface area contributed by atoms with Crippen LogP contribution >= 0.6 is 0 Å². The molecule has 1 atom stereocenters. The molecule has 0 bridgehead atoms. The number of hydrogen-bond acceptors (Lipinski definition) is 5. The third-order valence-electron chi connectivity index (χ3n) is 5.79. The molecule has 158 valence electrons. The van der Waals surface area contributed by atoms with E-state index in [0.29, 0.717) is 0 Å². The zero-order chi connectivity index (χ0) is 20.9. The summed E-state index contributed by atoms with van der Waals surface area (Å²) in [5, 5.41) is 4.20. The van der Waals surface area contributed by atoms with Gasteiger partial charge in [-0.2, -0.15) is 0 Å². The van der Waals surface area contributed by atoms with E-state index in [4.69, 9.17) is 9.15 Å². The van der Waals surface area contributed by atoms with E-state index in [1.165, 1.54) is 0 Å². The minimum atomic E-state index is -0.0413. The van der Waals surface area contributed by atoms with E-state index in [2.05, 4.69) is 34.3 Å². The van der Waals surface area contributed by atoms with Crippen LogP contribution in [0.3, 0.4) is 0 Å². The minimum Gasteiger partial charge on any atom is -0.497 e. The molecule has 1 aromatic heterocycles. The Morgan fingerprint density at radius 1 is 1.13 bits per heavy atom. The second-order valence-corrected chi connectivity index (χ2v) is 7.93. The number of nitrogens with one attached hydrogen (secondary N) is 1. The predicted octanol–water partition coefficient (Wildman–Crippen LogP) is 3.09. The number of ether oxygens (including phenoxy) is 1. The average Bonchev–Trinajstić information content (AvgIpc) is 3.17. The molecule has 0 radical (unpaired) electrons. The molecule has 1 unspecified atom stereocenters. The Morgan fingerprint density at radius 3 is 2.63 bits per heavy atom. The van der Waals surface area contributed by atoms with Gasteiger partial charge in [-0.3, -0.25) is 9.69 Å². The molecule has 1 amide bonds. The predicted molar refractivity (Wildman–Crippen MR) is 118 cm³/mol. The van der Waals surface area contributed by atoms with Crippen molar-refractivity contribution in [2.75, 3.05) is 46.9 Å². The summed E-state index contributed by atoms with van der Waals surface area (Å²) in [5.41, 5.74) is 2.75. The lowest BCUT2D eigenvalue weighted by Gasteiger charge is -2.35. The van der Waals surface area contributed by atoms with Crippen LogP contribution in [0.5, 0.6) is 5.75 Å². The summed E-state index contributed by atoms with van der Waals surface area (Å²) in [6, 6.07) is 15.9. The summed E-state index contributed by atoms with van der Waals surface area (Å²) in [7, 11) is 3.78. The second-order valence-electron chi connectivity index (χ2n) is 7.93. The summed E-state index contributed by atoms with van der Waals surface area (Å²) >= 11 is 0. The summed E-state index contributed by atoms with van der Waals surface area (Å²) < 4.78 is 10.9. The monoisotopic (exact) mass is 407 g/mol. The van der Waals surface area contributed by atoms with Gasteiger partial charge in [-0.1, -0.05) is 30.3 Å². The van der Waals surface area contributed by atoms with Gasteiger partial charge in [-0.15, -0.1) is 0 Å². The Hall–Kier alpha value is -2.83. The van der Waals surface area contributed by atoms with Gasteiger partial charge in [0, 0.05) is 49.7 Å². The quantitative estimate of drug-likeness (QED) is 0.652. The molecule has 1 saturated heterocycles. The van der Waals surface area contributed by atoms with Crippen molar-refractivity contribution in [1.29, 1.82) is 0 Å². The zero-order valence-electron chi connectivity index (χ0n) is 17.6. The molecular formula is C24H29N3O3. The van der Waals surface area contributed by atoms with E-state index in [1.807, 2.05) is 36.4 Å². The van der Waals surface area contributed by atoms with Gasteiger partial charge >= 0.3 is 0 Å². The first-order valence-electron chi connectivity index (χ1n) is 10.4. The highest BCUT2D eigenvalue weighted by molar-refractivity contribution is 5.88.